The lowest BCUT2D eigenvalue weighted by Gasteiger charge is -2.12. The number of rotatable bonds is 4. The monoisotopic (exact) mass is 270 g/mol. The van der Waals surface area contributed by atoms with Crippen LogP contribution in [0.4, 0.5) is 5.13 Å². The van der Waals surface area contributed by atoms with Crippen LogP contribution in [0, 0.1) is 12.8 Å². The predicted octanol–water partition coefficient (Wildman–Crippen LogP) is 4.18. The van der Waals surface area contributed by atoms with Gasteiger partial charge >= 0.3 is 0 Å². The van der Waals surface area contributed by atoms with Gasteiger partial charge in [-0.05, 0) is 43.2 Å². The maximum atomic E-state index is 4.32. The Labute approximate surface area is 118 Å². The normalized spacial score (nSPS) is 14.4. The molecule has 0 aliphatic heterocycles. The molecule has 0 radical (unpaired) electrons. The number of hydrogen-bond donors (Lipinski definition) is 1. The molecule has 0 atom stereocenters. The zero-order valence-electron chi connectivity index (χ0n) is 11.1. The van der Waals surface area contributed by atoms with Gasteiger partial charge in [0.2, 0.25) is 0 Å². The van der Waals surface area contributed by atoms with E-state index in [2.05, 4.69) is 48.1 Å². The first-order valence-corrected chi connectivity index (χ1v) is 7.46. The van der Waals surface area contributed by atoms with Gasteiger partial charge < -0.3 is 5.32 Å². The fraction of sp³-hybridized carbons (Fsp3) is 0.312. The minimum Gasteiger partial charge on any atom is -0.336 e. The summed E-state index contributed by atoms with van der Waals surface area (Å²) in [5.74, 6) is 0.679. The molecule has 1 heterocycles. The first-order chi connectivity index (χ1) is 9.20. The average Bonchev–Trinajstić information content (AvgIpc) is 2.94. The third-order valence-corrected chi connectivity index (χ3v) is 4.40. The van der Waals surface area contributed by atoms with E-state index >= 15 is 0 Å². The average molecular weight is 270 g/mol. The molecule has 1 aromatic heterocycles. The summed E-state index contributed by atoms with van der Waals surface area (Å²) in [6.45, 7) is 6.21. The second-order valence-electron chi connectivity index (χ2n) is 5.25. The van der Waals surface area contributed by atoms with E-state index < -0.39 is 0 Å². The van der Waals surface area contributed by atoms with E-state index in [-0.39, 0.29) is 0 Å². The number of nitrogens with zero attached hydrogens (tertiary/aromatic N) is 1. The number of fused-ring (bicyclic) bond motifs is 1. The number of thiazole rings is 1. The van der Waals surface area contributed by atoms with Crippen molar-refractivity contribution < 1.29 is 0 Å². The summed E-state index contributed by atoms with van der Waals surface area (Å²) in [6, 6.07) is 8.75. The predicted molar refractivity (Wildman–Crippen MR) is 81.6 cm³/mol. The van der Waals surface area contributed by atoms with Gasteiger partial charge in [-0.3, -0.25) is 0 Å². The summed E-state index contributed by atoms with van der Waals surface area (Å²) in [4.78, 5) is 5.54. The second-order valence-corrected chi connectivity index (χ2v) is 6.49. The van der Waals surface area contributed by atoms with Crippen LogP contribution in [0.25, 0.3) is 0 Å². The highest BCUT2D eigenvalue weighted by molar-refractivity contribution is 7.15. The first kappa shape index (κ1) is 12.4. The fourth-order valence-electron chi connectivity index (χ4n) is 2.76. The SMILES string of the molecule is C=C(CC1Cc2ccccc2C1)Nc1ncc(C)s1. The highest BCUT2D eigenvalue weighted by Crippen LogP contribution is 2.30. The molecule has 0 amide bonds. The van der Waals surface area contributed by atoms with Gasteiger partial charge in [0.05, 0.1) is 0 Å². The number of aryl methyl sites for hydroxylation is 1. The van der Waals surface area contributed by atoms with Crippen LogP contribution < -0.4 is 5.32 Å². The molecule has 1 aliphatic rings. The standard InChI is InChI=1S/C16H18N2S/c1-11(18-16-17-10-12(2)19-16)7-13-8-14-5-3-4-6-15(14)9-13/h3-6,10,13H,1,7-9H2,2H3,(H,17,18). The zero-order valence-corrected chi connectivity index (χ0v) is 12.0. The molecule has 0 unspecified atom stereocenters. The van der Waals surface area contributed by atoms with Gasteiger partial charge in [0, 0.05) is 16.8 Å². The van der Waals surface area contributed by atoms with Gasteiger partial charge in [0.1, 0.15) is 0 Å². The van der Waals surface area contributed by atoms with Gasteiger partial charge in [-0.1, -0.05) is 30.8 Å². The summed E-state index contributed by atoms with van der Waals surface area (Å²) >= 11 is 1.68. The van der Waals surface area contributed by atoms with Crippen molar-refractivity contribution in [3.63, 3.8) is 0 Å². The van der Waals surface area contributed by atoms with Crippen LogP contribution in [0.2, 0.25) is 0 Å². The molecule has 19 heavy (non-hydrogen) atoms. The molecule has 2 nitrogen and oxygen atoms in total. The summed E-state index contributed by atoms with van der Waals surface area (Å²) in [6.07, 6.45) is 5.26. The number of aromatic nitrogens is 1. The number of anilines is 1. The molecule has 0 fully saturated rings. The van der Waals surface area contributed by atoms with E-state index in [0.717, 1.165) is 17.2 Å². The van der Waals surface area contributed by atoms with Crippen molar-refractivity contribution in [2.24, 2.45) is 5.92 Å². The Hall–Kier alpha value is -1.61. The van der Waals surface area contributed by atoms with Crippen molar-refractivity contribution in [1.82, 2.24) is 4.98 Å². The van der Waals surface area contributed by atoms with Crippen molar-refractivity contribution in [3.05, 3.63) is 58.7 Å². The van der Waals surface area contributed by atoms with Crippen LogP contribution in [0.15, 0.2) is 42.7 Å². The Morgan fingerprint density at radius 3 is 2.63 bits per heavy atom. The Morgan fingerprint density at radius 1 is 1.37 bits per heavy atom. The maximum Gasteiger partial charge on any atom is 0.187 e. The van der Waals surface area contributed by atoms with Gasteiger partial charge in [-0.15, -0.1) is 11.3 Å². The van der Waals surface area contributed by atoms with Crippen LogP contribution in [0.3, 0.4) is 0 Å². The van der Waals surface area contributed by atoms with Crippen molar-refractivity contribution in [2.75, 3.05) is 5.32 Å². The molecule has 2 aromatic rings. The van der Waals surface area contributed by atoms with E-state index in [4.69, 9.17) is 0 Å². The topological polar surface area (TPSA) is 24.9 Å². The fourth-order valence-corrected chi connectivity index (χ4v) is 3.47. The Balaban J connectivity index is 1.57. The lowest BCUT2D eigenvalue weighted by molar-refractivity contribution is 0.558. The Morgan fingerprint density at radius 2 is 2.05 bits per heavy atom. The molecule has 0 bridgehead atoms. The molecular formula is C16H18N2S. The summed E-state index contributed by atoms with van der Waals surface area (Å²) < 4.78 is 0. The number of hydrogen-bond acceptors (Lipinski definition) is 3. The summed E-state index contributed by atoms with van der Waals surface area (Å²) in [7, 11) is 0. The molecule has 1 aromatic carbocycles. The molecule has 3 rings (SSSR count). The minimum absolute atomic E-state index is 0.679. The molecule has 3 heteroatoms. The Kier molecular flexibility index (Phi) is 3.38. The number of benzene rings is 1. The van der Waals surface area contributed by atoms with Crippen LogP contribution in [-0.4, -0.2) is 4.98 Å². The number of allylic oxidation sites excluding steroid dienone is 1. The molecule has 1 N–H and O–H groups in total. The van der Waals surface area contributed by atoms with Crippen molar-refractivity contribution in [2.45, 2.75) is 26.2 Å². The number of nitrogens with one attached hydrogen (secondary N) is 1. The molecular weight excluding hydrogens is 252 g/mol. The van der Waals surface area contributed by atoms with Gasteiger partial charge in [-0.2, -0.15) is 0 Å². The van der Waals surface area contributed by atoms with Crippen molar-refractivity contribution in [1.29, 1.82) is 0 Å². The third kappa shape index (κ3) is 2.87. The van der Waals surface area contributed by atoms with E-state index in [1.807, 2.05) is 6.20 Å². The van der Waals surface area contributed by atoms with Crippen molar-refractivity contribution in [3.8, 4) is 0 Å². The minimum atomic E-state index is 0.679. The molecule has 98 valence electrons. The molecule has 0 spiro atoms. The molecule has 1 aliphatic carbocycles. The summed E-state index contributed by atoms with van der Waals surface area (Å²) in [5, 5.41) is 4.29. The highest BCUT2D eigenvalue weighted by Gasteiger charge is 2.21. The smallest absolute Gasteiger partial charge is 0.187 e. The largest absolute Gasteiger partial charge is 0.336 e. The van der Waals surface area contributed by atoms with Crippen LogP contribution in [0.1, 0.15) is 22.4 Å². The second kappa shape index (κ2) is 5.17. The van der Waals surface area contributed by atoms with E-state index in [0.29, 0.717) is 5.92 Å². The van der Waals surface area contributed by atoms with E-state index in [1.165, 1.54) is 28.8 Å². The Bertz CT molecular complexity index is 575. The van der Waals surface area contributed by atoms with E-state index in [1.54, 1.807) is 11.3 Å². The molecule has 0 saturated carbocycles. The first-order valence-electron chi connectivity index (χ1n) is 6.65. The van der Waals surface area contributed by atoms with Gasteiger partial charge in [0.25, 0.3) is 0 Å². The van der Waals surface area contributed by atoms with Gasteiger partial charge in [-0.25, -0.2) is 4.98 Å². The maximum absolute atomic E-state index is 4.32. The molecule has 0 saturated heterocycles. The lowest BCUT2D eigenvalue weighted by atomic mass is 10.0. The van der Waals surface area contributed by atoms with Gasteiger partial charge in [0.15, 0.2) is 5.13 Å². The van der Waals surface area contributed by atoms with Crippen molar-refractivity contribution >= 4 is 16.5 Å². The van der Waals surface area contributed by atoms with Crippen LogP contribution in [0.5, 0.6) is 0 Å². The lowest BCUT2D eigenvalue weighted by Crippen LogP contribution is -2.06. The summed E-state index contributed by atoms with van der Waals surface area (Å²) in [5.41, 5.74) is 4.09. The zero-order chi connectivity index (χ0) is 13.2. The quantitative estimate of drug-likeness (QED) is 0.901. The van der Waals surface area contributed by atoms with Crippen LogP contribution >= 0.6 is 11.3 Å². The highest BCUT2D eigenvalue weighted by atomic mass is 32.1. The third-order valence-electron chi connectivity index (χ3n) is 3.58. The van der Waals surface area contributed by atoms with E-state index in [9.17, 15) is 0 Å². The van der Waals surface area contributed by atoms with Crippen LogP contribution in [-0.2, 0) is 12.8 Å².